The van der Waals surface area contributed by atoms with E-state index in [1.165, 1.54) is 11.8 Å². The van der Waals surface area contributed by atoms with Gasteiger partial charge in [0.2, 0.25) is 5.91 Å². The highest BCUT2D eigenvalue weighted by Gasteiger charge is 2.20. The van der Waals surface area contributed by atoms with Crippen molar-refractivity contribution in [2.24, 2.45) is 0 Å². The van der Waals surface area contributed by atoms with E-state index in [4.69, 9.17) is 4.74 Å². The van der Waals surface area contributed by atoms with E-state index in [-0.39, 0.29) is 24.1 Å². The second-order valence-corrected chi connectivity index (χ2v) is 8.83. The van der Waals surface area contributed by atoms with Crippen LogP contribution in [-0.4, -0.2) is 48.0 Å². The first-order valence-electron chi connectivity index (χ1n) is 11.0. The van der Waals surface area contributed by atoms with E-state index in [0.717, 1.165) is 37.1 Å². The van der Waals surface area contributed by atoms with Crippen molar-refractivity contribution in [3.8, 4) is 11.1 Å². The van der Waals surface area contributed by atoms with Gasteiger partial charge in [-0.15, -0.1) is 11.8 Å². The number of ketones is 1. The van der Waals surface area contributed by atoms with Crippen molar-refractivity contribution < 1.29 is 19.1 Å². The average molecular weight is 460 g/mol. The lowest BCUT2D eigenvalue weighted by Crippen LogP contribution is -2.29. The van der Waals surface area contributed by atoms with Crippen LogP contribution in [-0.2, 0) is 9.53 Å². The van der Waals surface area contributed by atoms with Gasteiger partial charge in [0.25, 0.3) is 0 Å². The number of hydrogen-bond acceptors (Lipinski definition) is 5. The SMILES string of the molecule is O=C(COC(=O)c1ccccc1SCC(=O)N1CCCC1)c1ccc(-c2ccccc2)cc1. The Morgan fingerprint density at radius 1 is 0.788 bits per heavy atom. The molecule has 3 aromatic rings. The van der Waals surface area contributed by atoms with Crippen LogP contribution in [0.5, 0.6) is 0 Å². The summed E-state index contributed by atoms with van der Waals surface area (Å²) in [6.07, 6.45) is 2.09. The zero-order valence-electron chi connectivity index (χ0n) is 18.2. The quantitative estimate of drug-likeness (QED) is 0.266. The molecule has 0 aliphatic carbocycles. The highest BCUT2D eigenvalue weighted by Crippen LogP contribution is 2.25. The van der Waals surface area contributed by atoms with E-state index in [2.05, 4.69) is 0 Å². The van der Waals surface area contributed by atoms with Crippen LogP contribution in [0.2, 0.25) is 0 Å². The molecule has 1 heterocycles. The smallest absolute Gasteiger partial charge is 0.339 e. The Bertz CT molecular complexity index is 1120. The number of hydrogen-bond donors (Lipinski definition) is 0. The number of rotatable bonds is 8. The summed E-state index contributed by atoms with van der Waals surface area (Å²) in [7, 11) is 0. The minimum Gasteiger partial charge on any atom is -0.454 e. The van der Waals surface area contributed by atoms with Gasteiger partial charge in [-0.1, -0.05) is 66.7 Å². The summed E-state index contributed by atoms with van der Waals surface area (Å²) < 4.78 is 5.31. The Hall–Kier alpha value is -3.38. The minimum absolute atomic E-state index is 0.0785. The summed E-state index contributed by atoms with van der Waals surface area (Å²) in [5.74, 6) is -0.482. The Morgan fingerprint density at radius 2 is 1.42 bits per heavy atom. The summed E-state index contributed by atoms with van der Waals surface area (Å²) in [5.41, 5.74) is 2.93. The van der Waals surface area contributed by atoms with Crippen LogP contribution in [0.3, 0.4) is 0 Å². The van der Waals surface area contributed by atoms with Gasteiger partial charge in [-0.2, -0.15) is 0 Å². The van der Waals surface area contributed by atoms with Gasteiger partial charge >= 0.3 is 5.97 Å². The molecule has 1 amide bonds. The normalized spacial score (nSPS) is 13.0. The fourth-order valence-corrected chi connectivity index (χ4v) is 4.67. The lowest BCUT2D eigenvalue weighted by atomic mass is 10.0. The lowest BCUT2D eigenvalue weighted by molar-refractivity contribution is -0.127. The van der Waals surface area contributed by atoms with Gasteiger partial charge in [0.15, 0.2) is 12.4 Å². The standard InChI is InChI=1S/C27H25NO4S/c29-24(22-14-12-21(13-15-22)20-8-2-1-3-9-20)18-32-27(31)23-10-4-5-11-25(23)33-19-26(30)28-16-6-7-17-28/h1-5,8-15H,6-7,16-19H2. The third-order valence-electron chi connectivity index (χ3n) is 5.57. The van der Waals surface area contributed by atoms with Crippen LogP contribution < -0.4 is 0 Å². The molecule has 0 radical (unpaired) electrons. The van der Waals surface area contributed by atoms with Gasteiger partial charge in [0.05, 0.1) is 11.3 Å². The van der Waals surface area contributed by atoms with E-state index < -0.39 is 5.97 Å². The zero-order chi connectivity index (χ0) is 23.0. The van der Waals surface area contributed by atoms with E-state index in [1.807, 2.05) is 53.4 Å². The molecule has 0 N–H and O–H groups in total. The number of thioether (sulfide) groups is 1. The van der Waals surface area contributed by atoms with Crippen LogP contribution in [0.4, 0.5) is 0 Å². The third kappa shape index (κ3) is 5.90. The maximum Gasteiger partial charge on any atom is 0.339 e. The molecule has 33 heavy (non-hydrogen) atoms. The predicted octanol–water partition coefficient (Wildman–Crippen LogP) is 5.11. The van der Waals surface area contributed by atoms with Crippen LogP contribution in [0.15, 0.2) is 83.8 Å². The Morgan fingerprint density at radius 3 is 2.15 bits per heavy atom. The number of benzene rings is 3. The van der Waals surface area contributed by atoms with Crippen LogP contribution in [0, 0.1) is 0 Å². The van der Waals surface area contributed by atoms with Gasteiger partial charge in [-0.3, -0.25) is 9.59 Å². The molecule has 168 valence electrons. The van der Waals surface area contributed by atoms with Crippen molar-refractivity contribution in [2.75, 3.05) is 25.4 Å². The molecule has 1 fully saturated rings. The third-order valence-corrected chi connectivity index (χ3v) is 6.62. The number of ether oxygens (including phenoxy) is 1. The first kappa shape index (κ1) is 22.8. The molecule has 0 spiro atoms. The molecule has 6 heteroatoms. The first-order chi connectivity index (χ1) is 16.1. The molecule has 0 atom stereocenters. The lowest BCUT2D eigenvalue weighted by Gasteiger charge is -2.15. The summed E-state index contributed by atoms with van der Waals surface area (Å²) in [4.78, 5) is 40.1. The monoisotopic (exact) mass is 459 g/mol. The molecule has 0 unspecified atom stereocenters. The Balaban J connectivity index is 1.34. The maximum absolute atomic E-state index is 12.7. The van der Waals surface area contributed by atoms with Gasteiger partial charge in [-0.05, 0) is 36.1 Å². The van der Waals surface area contributed by atoms with E-state index in [1.54, 1.807) is 30.3 Å². The number of carbonyl (C=O) groups excluding carboxylic acids is 3. The van der Waals surface area contributed by atoms with Gasteiger partial charge in [0.1, 0.15) is 0 Å². The topological polar surface area (TPSA) is 63.7 Å². The van der Waals surface area contributed by atoms with Crippen molar-refractivity contribution in [1.29, 1.82) is 0 Å². The largest absolute Gasteiger partial charge is 0.454 e. The maximum atomic E-state index is 12.7. The number of carbonyl (C=O) groups is 3. The molecule has 5 nitrogen and oxygen atoms in total. The van der Waals surface area contributed by atoms with Crippen molar-refractivity contribution in [3.63, 3.8) is 0 Å². The molecular formula is C27H25NO4S. The van der Waals surface area contributed by atoms with Crippen molar-refractivity contribution in [2.45, 2.75) is 17.7 Å². The van der Waals surface area contributed by atoms with E-state index in [0.29, 0.717) is 16.0 Å². The Kier molecular flexibility index (Phi) is 7.58. The summed E-state index contributed by atoms with van der Waals surface area (Å²) in [6.45, 7) is 1.27. The molecule has 1 aliphatic heterocycles. The zero-order valence-corrected chi connectivity index (χ0v) is 19.1. The predicted molar refractivity (Wildman–Crippen MR) is 129 cm³/mol. The molecule has 0 saturated carbocycles. The molecule has 0 bridgehead atoms. The number of nitrogens with zero attached hydrogens (tertiary/aromatic N) is 1. The summed E-state index contributed by atoms with van der Waals surface area (Å²) >= 11 is 1.32. The number of esters is 1. The molecular weight excluding hydrogens is 434 g/mol. The summed E-state index contributed by atoms with van der Waals surface area (Å²) in [5, 5.41) is 0. The fourth-order valence-electron chi connectivity index (χ4n) is 3.73. The molecule has 0 aromatic heterocycles. The van der Waals surface area contributed by atoms with Gasteiger partial charge < -0.3 is 9.64 Å². The Labute approximate surface area is 197 Å². The molecule has 1 aliphatic rings. The van der Waals surface area contributed by atoms with Crippen molar-refractivity contribution in [1.82, 2.24) is 4.90 Å². The second kappa shape index (κ2) is 11.0. The number of Topliss-reactive ketones (excluding diaryl/α,β-unsaturated/α-hetero) is 1. The second-order valence-electron chi connectivity index (χ2n) is 7.82. The first-order valence-corrected chi connectivity index (χ1v) is 12.0. The van der Waals surface area contributed by atoms with E-state index >= 15 is 0 Å². The van der Waals surface area contributed by atoms with E-state index in [9.17, 15) is 14.4 Å². The molecule has 4 rings (SSSR count). The average Bonchev–Trinajstić information content (AvgIpc) is 3.42. The van der Waals surface area contributed by atoms with Crippen molar-refractivity contribution in [3.05, 3.63) is 90.0 Å². The molecule has 1 saturated heterocycles. The fraction of sp³-hybridized carbons (Fsp3) is 0.222. The van der Waals surface area contributed by atoms with Crippen LogP contribution in [0.25, 0.3) is 11.1 Å². The minimum atomic E-state index is -0.569. The van der Waals surface area contributed by atoms with Gasteiger partial charge in [0, 0.05) is 23.5 Å². The van der Waals surface area contributed by atoms with Crippen LogP contribution >= 0.6 is 11.8 Å². The van der Waals surface area contributed by atoms with Gasteiger partial charge in [-0.25, -0.2) is 4.79 Å². The van der Waals surface area contributed by atoms with Crippen LogP contribution in [0.1, 0.15) is 33.6 Å². The highest BCUT2D eigenvalue weighted by molar-refractivity contribution is 8.00. The summed E-state index contributed by atoms with van der Waals surface area (Å²) in [6, 6.07) is 24.2. The number of amides is 1. The molecule has 3 aromatic carbocycles. The number of likely N-dealkylation sites (tertiary alicyclic amines) is 1. The van der Waals surface area contributed by atoms with Crippen molar-refractivity contribution >= 4 is 29.4 Å². The highest BCUT2D eigenvalue weighted by atomic mass is 32.2.